The largest absolute Gasteiger partial charge is 0.494 e. The van der Waals surface area contributed by atoms with Crippen molar-refractivity contribution in [3.05, 3.63) is 29.3 Å². The normalized spacial score (nSPS) is 10.3. The lowest BCUT2D eigenvalue weighted by atomic mass is 10.3. The summed E-state index contributed by atoms with van der Waals surface area (Å²) in [6, 6.07) is 7.32. The summed E-state index contributed by atoms with van der Waals surface area (Å²) in [4.78, 5) is 0. The van der Waals surface area contributed by atoms with E-state index in [1.54, 1.807) is 0 Å². The van der Waals surface area contributed by atoms with Crippen molar-refractivity contribution in [2.45, 2.75) is 6.42 Å². The van der Waals surface area contributed by atoms with E-state index in [1.165, 1.54) is 0 Å². The van der Waals surface area contributed by atoms with Crippen LogP contribution in [0.1, 0.15) is 6.42 Å². The van der Waals surface area contributed by atoms with Crippen molar-refractivity contribution in [2.24, 2.45) is 5.73 Å². The highest BCUT2D eigenvalue weighted by Crippen LogP contribution is 2.15. The fraction of sp³-hybridized carbons (Fsp3) is 0.455. The number of nitrogens with two attached hydrogens (primary N) is 1. The fourth-order valence-corrected chi connectivity index (χ4v) is 1.19. The number of hydrogen-bond acceptors (Lipinski definition) is 3. The summed E-state index contributed by atoms with van der Waals surface area (Å²) in [5.41, 5.74) is 5.28. The molecular formula is C11H16ClNO2. The molecule has 0 bridgehead atoms. The van der Waals surface area contributed by atoms with E-state index in [1.807, 2.05) is 24.3 Å². The van der Waals surface area contributed by atoms with Gasteiger partial charge in [-0.3, -0.25) is 0 Å². The minimum Gasteiger partial charge on any atom is -0.494 e. The quantitative estimate of drug-likeness (QED) is 0.729. The first-order chi connectivity index (χ1) is 7.33. The van der Waals surface area contributed by atoms with Crippen LogP contribution < -0.4 is 10.5 Å². The lowest BCUT2D eigenvalue weighted by molar-refractivity contribution is 0.126. The van der Waals surface area contributed by atoms with Crippen LogP contribution in [0.5, 0.6) is 5.75 Å². The molecule has 0 unspecified atom stereocenters. The van der Waals surface area contributed by atoms with Gasteiger partial charge >= 0.3 is 0 Å². The molecule has 0 saturated carbocycles. The van der Waals surface area contributed by atoms with Gasteiger partial charge in [-0.05, 0) is 24.3 Å². The van der Waals surface area contributed by atoms with Crippen LogP contribution in [0.4, 0.5) is 0 Å². The van der Waals surface area contributed by atoms with Crippen molar-refractivity contribution in [1.29, 1.82) is 0 Å². The van der Waals surface area contributed by atoms with Gasteiger partial charge in [-0.25, -0.2) is 0 Å². The Morgan fingerprint density at radius 3 is 2.47 bits per heavy atom. The number of rotatable bonds is 7. The zero-order chi connectivity index (χ0) is 10.9. The first-order valence-electron chi connectivity index (χ1n) is 4.99. The second-order valence-corrected chi connectivity index (χ2v) is 3.49. The predicted octanol–water partition coefficient (Wildman–Crippen LogP) is 2.08. The van der Waals surface area contributed by atoms with E-state index in [0.29, 0.717) is 31.4 Å². The van der Waals surface area contributed by atoms with Crippen LogP contribution in [0.3, 0.4) is 0 Å². The Morgan fingerprint density at radius 1 is 1.07 bits per heavy atom. The molecule has 2 N–H and O–H groups in total. The molecule has 1 rings (SSSR count). The van der Waals surface area contributed by atoms with Crippen molar-refractivity contribution in [1.82, 2.24) is 0 Å². The Kier molecular flexibility index (Phi) is 6.16. The van der Waals surface area contributed by atoms with Crippen molar-refractivity contribution >= 4 is 11.6 Å². The molecule has 0 saturated heterocycles. The van der Waals surface area contributed by atoms with Crippen LogP contribution in [0.2, 0.25) is 5.02 Å². The first-order valence-corrected chi connectivity index (χ1v) is 5.37. The Morgan fingerprint density at radius 2 is 1.80 bits per heavy atom. The van der Waals surface area contributed by atoms with E-state index >= 15 is 0 Å². The highest BCUT2D eigenvalue weighted by molar-refractivity contribution is 6.30. The lowest BCUT2D eigenvalue weighted by Crippen LogP contribution is -2.10. The standard InChI is InChI=1S/C11H16ClNO2/c12-10-2-4-11(5-3-10)15-8-1-7-14-9-6-13/h2-5H,1,6-9,13H2. The molecule has 15 heavy (non-hydrogen) atoms. The predicted molar refractivity (Wildman–Crippen MR) is 61.4 cm³/mol. The van der Waals surface area contributed by atoms with Crippen molar-refractivity contribution in [2.75, 3.05) is 26.4 Å². The maximum absolute atomic E-state index is 5.74. The molecule has 0 amide bonds. The smallest absolute Gasteiger partial charge is 0.119 e. The molecule has 0 fully saturated rings. The third-order valence-electron chi connectivity index (χ3n) is 1.78. The summed E-state index contributed by atoms with van der Waals surface area (Å²) >= 11 is 5.74. The highest BCUT2D eigenvalue weighted by Gasteiger charge is 1.93. The van der Waals surface area contributed by atoms with Crippen LogP contribution in [-0.4, -0.2) is 26.4 Å². The molecule has 1 aromatic rings. The molecule has 0 radical (unpaired) electrons. The summed E-state index contributed by atoms with van der Waals surface area (Å²) in [7, 11) is 0. The topological polar surface area (TPSA) is 44.5 Å². The zero-order valence-electron chi connectivity index (χ0n) is 8.62. The molecule has 0 spiro atoms. The average molecular weight is 230 g/mol. The summed E-state index contributed by atoms with van der Waals surface area (Å²) in [6.45, 7) is 2.51. The maximum atomic E-state index is 5.74. The first kappa shape index (κ1) is 12.3. The van der Waals surface area contributed by atoms with E-state index in [9.17, 15) is 0 Å². The molecular weight excluding hydrogens is 214 g/mol. The van der Waals surface area contributed by atoms with Gasteiger partial charge < -0.3 is 15.2 Å². The molecule has 0 atom stereocenters. The van der Waals surface area contributed by atoms with E-state index < -0.39 is 0 Å². The molecule has 3 nitrogen and oxygen atoms in total. The van der Waals surface area contributed by atoms with E-state index in [4.69, 9.17) is 26.8 Å². The minimum atomic E-state index is 0.568. The molecule has 0 aliphatic carbocycles. The second kappa shape index (κ2) is 7.51. The Balaban J connectivity index is 2.07. The van der Waals surface area contributed by atoms with Crippen molar-refractivity contribution < 1.29 is 9.47 Å². The van der Waals surface area contributed by atoms with Gasteiger partial charge in [0.05, 0.1) is 13.2 Å². The average Bonchev–Trinajstić information content (AvgIpc) is 2.26. The number of ether oxygens (including phenoxy) is 2. The summed E-state index contributed by atoms with van der Waals surface area (Å²) in [6.07, 6.45) is 0.864. The Bertz CT molecular complexity index is 264. The Hall–Kier alpha value is -0.770. The van der Waals surface area contributed by atoms with Gasteiger partial charge in [0.25, 0.3) is 0 Å². The fourth-order valence-electron chi connectivity index (χ4n) is 1.07. The second-order valence-electron chi connectivity index (χ2n) is 3.06. The molecule has 1 aromatic carbocycles. The van der Waals surface area contributed by atoms with Gasteiger partial charge in [0.1, 0.15) is 5.75 Å². The van der Waals surface area contributed by atoms with Gasteiger partial charge in [-0.15, -0.1) is 0 Å². The minimum absolute atomic E-state index is 0.568. The highest BCUT2D eigenvalue weighted by atomic mass is 35.5. The van der Waals surface area contributed by atoms with Crippen LogP contribution in [-0.2, 0) is 4.74 Å². The third-order valence-corrected chi connectivity index (χ3v) is 2.03. The van der Waals surface area contributed by atoms with Gasteiger partial charge in [-0.2, -0.15) is 0 Å². The van der Waals surface area contributed by atoms with E-state index in [0.717, 1.165) is 12.2 Å². The molecule has 0 aromatic heterocycles. The van der Waals surface area contributed by atoms with Gasteiger partial charge in [0.15, 0.2) is 0 Å². The van der Waals surface area contributed by atoms with Gasteiger partial charge in [-0.1, -0.05) is 11.6 Å². The van der Waals surface area contributed by atoms with Crippen molar-refractivity contribution in [3.8, 4) is 5.75 Å². The summed E-state index contributed by atoms with van der Waals surface area (Å²) < 4.78 is 10.7. The number of hydrogen-bond donors (Lipinski definition) is 1. The van der Waals surface area contributed by atoms with E-state index in [-0.39, 0.29) is 0 Å². The SMILES string of the molecule is NCCOCCCOc1ccc(Cl)cc1. The van der Waals surface area contributed by atoms with Gasteiger partial charge in [0.2, 0.25) is 0 Å². The molecule has 0 aliphatic heterocycles. The van der Waals surface area contributed by atoms with Gasteiger partial charge in [0, 0.05) is 24.6 Å². The molecule has 0 heterocycles. The number of benzene rings is 1. The lowest BCUT2D eigenvalue weighted by Gasteiger charge is -2.06. The number of halogens is 1. The third kappa shape index (κ3) is 5.62. The van der Waals surface area contributed by atoms with Crippen LogP contribution in [0, 0.1) is 0 Å². The molecule has 0 aliphatic rings. The summed E-state index contributed by atoms with van der Waals surface area (Å²) in [5.74, 6) is 0.832. The maximum Gasteiger partial charge on any atom is 0.119 e. The Labute approximate surface area is 95.1 Å². The molecule has 84 valence electrons. The zero-order valence-corrected chi connectivity index (χ0v) is 9.37. The van der Waals surface area contributed by atoms with E-state index in [2.05, 4.69) is 0 Å². The van der Waals surface area contributed by atoms with Crippen LogP contribution >= 0.6 is 11.6 Å². The van der Waals surface area contributed by atoms with Crippen LogP contribution in [0.25, 0.3) is 0 Å². The monoisotopic (exact) mass is 229 g/mol. The summed E-state index contributed by atoms with van der Waals surface area (Å²) in [5, 5.41) is 0.716. The van der Waals surface area contributed by atoms with Crippen LogP contribution in [0.15, 0.2) is 24.3 Å². The van der Waals surface area contributed by atoms with Crippen molar-refractivity contribution in [3.63, 3.8) is 0 Å². The molecule has 4 heteroatoms.